The Balaban J connectivity index is 2.73. The molecule has 0 unspecified atom stereocenters. The molecule has 0 N–H and O–H groups in total. The Morgan fingerprint density at radius 2 is 1.62 bits per heavy atom. The first kappa shape index (κ1) is 12.8. The van der Waals surface area contributed by atoms with Gasteiger partial charge >= 0.3 is 0 Å². The summed E-state index contributed by atoms with van der Waals surface area (Å²) in [5.41, 5.74) is 0.156. The van der Waals surface area contributed by atoms with Crippen molar-refractivity contribution in [2.75, 3.05) is 0 Å². The van der Waals surface area contributed by atoms with E-state index in [0.717, 1.165) is 18.2 Å². The third-order valence-electron chi connectivity index (χ3n) is 2.29. The van der Waals surface area contributed by atoms with Gasteiger partial charge in [0.25, 0.3) is 0 Å². The van der Waals surface area contributed by atoms with Crippen LogP contribution in [-0.2, 0) is 0 Å². The van der Waals surface area contributed by atoms with Crippen LogP contribution in [0.4, 0.5) is 8.78 Å². The SMILES string of the molecule is CC(C)(C)CCC(=O)c1cc(F)cc(F)c1. The Bertz CT molecular complexity index is 371. The van der Waals surface area contributed by atoms with Gasteiger partial charge in [-0.2, -0.15) is 0 Å². The molecule has 3 heteroatoms. The maximum atomic E-state index is 12.9. The van der Waals surface area contributed by atoms with Crippen LogP contribution in [0.2, 0.25) is 0 Å². The fourth-order valence-electron chi connectivity index (χ4n) is 1.35. The molecule has 1 aromatic carbocycles. The summed E-state index contributed by atoms with van der Waals surface area (Å²) < 4.78 is 25.7. The number of hydrogen-bond acceptors (Lipinski definition) is 1. The van der Waals surface area contributed by atoms with Crippen LogP contribution < -0.4 is 0 Å². The summed E-state index contributed by atoms with van der Waals surface area (Å²) in [4.78, 5) is 11.7. The van der Waals surface area contributed by atoms with Crippen molar-refractivity contribution in [3.63, 3.8) is 0 Å². The molecule has 0 spiro atoms. The molecule has 16 heavy (non-hydrogen) atoms. The number of benzene rings is 1. The zero-order valence-electron chi connectivity index (χ0n) is 9.81. The molecule has 88 valence electrons. The Morgan fingerprint density at radius 1 is 1.12 bits per heavy atom. The molecule has 0 aromatic heterocycles. The molecule has 0 amide bonds. The van der Waals surface area contributed by atoms with Gasteiger partial charge in [0.2, 0.25) is 0 Å². The number of rotatable bonds is 3. The van der Waals surface area contributed by atoms with E-state index in [1.165, 1.54) is 0 Å². The lowest BCUT2D eigenvalue weighted by atomic mass is 9.88. The van der Waals surface area contributed by atoms with Gasteiger partial charge in [0.1, 0.15) is 11.6 Å². The highest BCUT2D eigenvalue weighted by Crippen LogP contribution is 2.22. The molecule has 0 aliphatic carbocycles. The number of halogens is 2. The van der Waals surface area contributed by atoms with Crippen molar-refractivity contribution >= 4 is 5.78 Å². The van der Waals surface area contributed by atoms with Gasteiger partial charge in [0.15, 0.2) is 5.78 Å². The predicted molar refractivity (Wildman–Crippen MR) is 59.4 cm³/mol. The first-order chi connectivity index (χ1) is 7.28. The van der Waals surface area contributed by atoms with Crippen molar-refractivity contribution < 1.29 is 13.6 Å². The van der Waals surface area contributed by atoms with Crippen molar-refractivity contribution in [1.82, 2.24) is 0 Å². The highest BCUT2D eigenvalue weighted by molar-refractivity contribution is 5.96. The maximum absolute atomic E-state index is 12.9. The average Bonchev–Trinajstić information content (AvgIpc) is 2.11. The van der Waals surface area contributed by atoms with Crippen molar-refractivity contribution in [2.24, 2.45) is 5.41 Å². The predicted octanol–water partition coefficient (Wildman–Crippen LogP) is 3.97. The number of Topliss-reactive ketones (excluding diaryl/α,β-unsaturated/α-hetero) is 1. The van der Waals surface area contributed by atoms with Gasteiger partial charge in [-0.3, -0.25) is 4.79 Å². The molecular weight excluding hydrogens is 210 g/mol. The van der Waals surface area contributed by atoms with Gasteiger partial charge in [-0.1, -0.05) is 20.8 Å². The van der Waals surface area contributed by atoms with E-state index in [1.807, 2.05) is 20.8 Å². The van der Waals surface area contributed by atoms with Crippen LogP contribution in [0.5, 0.6) is 0 Å². The van der Waals surface area contributed by atoms with Gasteiger partial charge in [-0.05, 0) is 24.0 Å². The maximum Gasteiger partial charge on any atom is 0.163 e. The van der Waals surface area contributed by atoms with Crippen LogP contribution in [0.3, 0.4) is 0 Å². The molecule has 1 rings (SSSR count). The third-order valence-corrected chi connectivity index (χ3v) is 2.29. The lowest BCUT2D eigenvalue weighted by Crippen LogP contribution is -2.09. The molecule has 0 saturated heterocycles. The smallest absolute Gasteiger partial charge is 0.163 e. The number of carbonyl (C=O) groups excluding carboxylic acids is 1. The molecular formula is C13H16F2O. The van der Waals surface area contributed by atoms with Crippen LogP contribution in [0.25, 0.3) is 0 Å². The van der Waals surface area contributed by atoms with Crippen LogP contribution in [0.1, 0.15) is 44.0 Å². The van der Waals surface area contributed by atoms with E-state index in [4.69, 9.17) is 0 Å². The van der Waals surface area contributed by atoms with E-state index in [1.54, 1.807) is 0 Å². The molecule has 0 aliphatic rings. The molecule has 0 aliphatic heterocycles. The molecule has 1 nitrogen and oxygen atoms in total. The fraction of sp³-hybridized carbons (Fsp3) is 0.462. The quantitative estimate of drug-likeness (QED) is 0.712. The second-order valence-corrected chi connectivity index (χ2v) is 5.14. The van der Waals surface area contributed by atoms with Gasteiger partial charge < -0.3 is 0 Å². The van der Waals surface area contributed by atoms with Crippen molar-refractivity contribution in [3.05, 3.63) is 35.4 Å². The van der Waals surface area contributed by atoms with Gasteiger partial charge in [-0.15, -0.1) is 0 Å². The molecule has 0 saturated carbocycles. The Hall–Kier alpha value is -1.25. The standard InChI is InChI=1S/C13H16F2O/c1-13(2,3)5-4-12(16)9-6-10(14)8-11(15)7-9/h6-8H,4-5H2,1-3H3. The van der Waals surface area contributed by atoms with Gasteiger partial charge in [-0.25, -0.2) is 8.78 Å². The van der Waals surface area contributed by atoms with Crippen LogP contribution in [0, 0.1) is 17.0 Å². The summed E-state index contributed by atoms with van der Waals surface area (Å²) >= 11 is 0. The summed E-state index contributed by atoms with van der Waals surface area (Å²) in [5.74, 6) is -1.63. The van der Waals surface area contributed by atoms with Crippen LogP contribution in [0.15, 0.2) is 18.2 Å². The molecule has 1 aromatic rings. The molecule has 0 atom stereocenters. The van der Waals surface area contributed by atoms with E-state index in [-0.39, 0.29) is 16.8 Å². The lowest BCUT2D eigenvalue weighted by molar-refractivity contribution is 0.0965. The minimum atomic E-state index is -0.709. The first-order valence-electron chi connectivity index (χ1n) is 5.27. The number of carbonyl (C=O) groups is 1. The molecule has 0 radical (unpaired) electrons. The number of ketones is 1. The van der Waals surface area contributed by atoms with Crippen molar-refractivity contribution in [2.45, 2.75) is 33.6 Å². The second kappa shape index (κ2) is 4.73. The van der Waals surface area contributed by atoms with E-state index in [0.29, 0.717) is 12.8 Å². The summed E-state index contributed by atoms with van der Waals surface area (Å²) in [5, 5.41) is 0. The van der Waals surface area contributed by atoms with E-state index < -0.39 is 11.6 Å². The van der Waals surface area contributed by atoms with Crippen molar-refractivity contribution in [1.29, 1.82) is 0 Å². The fourth-order valence-corrected chi connectivity index (χ4v) is 1.35. The third kappa shape index (κ3) is 4.09. The minimum Gasteiger partial charge on any atom is -0.294 e. The first-order valence-corrected chi connectivity index (χ1v) is 5.27. The number of hydrogen-bond donors (Lipinski definition) is 0. The molecule has 0 bridgehead atoms. The zero-order valence-corrected chi connectivity index (χ0v) is 9.81. The largest absolute Gasteiger partial charge is 0.294 e. The second-order valence-electron chi connectivity index (χ2n) is 5.14. The Kier molecular flexibility index (Phi) is 3.79. The molecule has 0 heterocycles. The Morgan fingerprint density at radius 3 is 2.06 bits per heavy atom. The van der Waals surface area contributed by atoms with Crippen LogP contribution >= 0.6 is 0 Å². The van der Waals surface area contributed by atoms with Crippen molar-refractivity contribution in [3.8, 4) is 0 Å². The zero-order chi connectivity index (χ0) is 12.3. The van der Waals surface area contributed by atoms with Gasteiger partial charge in [0.05, 0.1) is 0 Å². The average molecular weight is 226 g/mol. The summed E-state index contributed by atoms with van der Waals surface area (Å²) in [7, 11) is 0. The normalized spacial score (nSPS) is 11.6. The lowest BCUT2D eigenvalue weighted by Gasteiger charge is -2.16. The monoisotopic (exact) mass is 226 g/mol. The van der Waals surface area contributed by atoms with Gasteiger partial charge in [0, 0.05) is 18.1 Å². The molecule has 0 fully saturated rings. The van der Waals surface area contributed by atoms with E-state index in [9.17, 15) is 13.6 Å². The van der Waals surface area contributed by atoms with Crippen LogP contribution in [-0.4, -0.2) is 5.78 Å². The minimum absolute atomic E-state index is 0.0432. The van der Waals surface area contributed by atoms with E-state index >= 15 is 0 Å². The van der Waals surface area contributed by atoms with E-state index in [2.05, 4.69) is 0 Å². The Labute approximate surface area is 94.5 Å². The highest BCUT2D eigenvalue weighted by atomic mass is 19.1. The summed E-state index contributed by atoms with van der Waals surface area (Å²) in [6.45, 7) is 6.06. The summed E-state index contributed by atoms with van der Waals surface area (Å²) in [6, 6.07) is 2.92. The highest BCUT2D eigenvalue weighted by Gasteiger charge is 2.15. The summed E-state index contributed by atoms with van der Waals surface area (Å²) in [6.07, 6.45) is 1.01. The topological polar surface area (TPSA) is 17.1 Å².